The molecule has 2 aromatic rings. The van der Waals surface area contributed by atoms with Gasteiger partial charge in [-0.15, -0.1) is 0 Å². The van der Waals surface area contributed by atoms with Gasteiger partial charge in [0.2, 0.25) is 0 Å². The molecule has 2 aromatic heterocycles. The topological polar surface area (TPSA) is 55.6 Å². The Morgan fingerprint density at radius 1 is 1.39 bits per heavy atom. The summed E-state index contributed by atoms with van der Waals surface area (Å²) in [6.07, 6.45) is 4.35. The Hall–Kier alpha value is -1.82. The van der Waals surface area contributed by atoms with Crippen molar-refractivity contribution < 1.29 is 4.39 Å². The Kier molecular flexibility index (Phi) is 3.99. The molecule has 6 heteroatoms. The highest BCUT2D eigenvalue weighted by atomic mass is 19.1. The number of hydrogen-bond donors (Lipinski definition) is 1. The molecule has 0 aromatic carbocycles. The Balaban J connectivity index is 2.39. The number of aromatic nitrogens is 4. The van der Waals surface area contributed by atoms with Crippen LogP contribution in [-0.4, -0.2) is 26.3 Å². The fourth-order valence-corrected chi connectivity index (χ4v) is 1.89. The van der Waals surface area contributed by atoms with Gasteiger partial charge >= 0.3 is 0 Å². The highest BCUT2D eigenvalue weighted by Gasteiger charge is 2.19. The van der Waals surface area contributed by atoms with Crippen molar-refractivity contribution >= 4 is 0 Å². The third-order valence-electron chi connectivity index (χ3n) is 2.67. The van der Waals surface area contributed by atoms with Gasteiger partial charge in [0, 0.05) is 12.7 Å². The monoisotopic (exact) mass is 249 g/mol. The van der Waals surface area contributed by atoms with Crippen LogP contribution in [0.2, 0.25) is 0 Å². The lowest BCUT2D eigenvalue weighted by molar-refractivity contribution is 0.526. The van der Waals surface area contributed by atoms with Crippen molar-refractivity contribution in [1.82, 2.24) is 25.1 Å². The largest absolute Gasteiger partial charge is 0.304 e. The molecular formula is C12H16FN5. The molecule has 0 bridgehead atoms. The molecular weight excluding hydrogens is 233 g/mol. The summed E-state index contributed by atoms with van der Waals surface area (Å²) in [7, 11) is 0. The van der Waals surface area contributed by atoms with Gasteiger partial charge in [0.15, 0.2) is 0 Å². The summed E-state index contributed by atoms with van der Waals surface area (Å²) in [4.78, 5) is 8.13. The van der Waals surface area contributed by atoms with E-state index >= 15 is 0 Å². The number of nitrogens with zero attached hydrogens (tertiary/aromatic N) is 4. The maximum absolute atomic E-state index is 13.3. The first-order chi connectivity index (χ1) is 8.76. The number of aryl methyl sites for hydroxylation is 1. The quantitative estimate of drug-likeness (QED) is 0.873. The van der Waals surface area contributed by atoms with E-state index in [1.54, 1.807) is 10.9 Å². The number of pyridine rings is 1. The highest BCUT2D eigenvalue weighted by molar-refractivity contribution is 5.22. The van der Waals surface area contributed by atoms with Crippen LogP contribution in [0.3, 0.4) is 0 Å². The maximum Gasteiger partial charge on any atom is 0.148 e. The van der Waals surface area contributed by atoms with Gasteiger partial charge in [0.05, 0.1) is 12.2 Å². The molecule has 18 heavy (non-hydrogen) atoms. The molecule has 0 amide bonds. The molecule has 1 N–H and O–H groups in total. The molecule has 0 saturated heterocycles. The molecule has 1 atom stereocenters. The van der Waals surface area contributed by atoms with E-state index in [2.05, 4.69) is 20.4 Å². The normalized spacial score (nSPS) is 12.6. The number of rotatable bonds is 5. The minimum absolute atomic E-state index is 0.194. The lowest BCUT2D eigenvalue weighted by Crippen LogP contribution is -2.25. The Labute approximate surface area is 105 Å². The standard InChI is InChI=1S/C12H16FN5/c1-3-15-11(9-5-10(13)7-14-6-9)12-16-8-17-18(12)4-2/h5-8,11,15H,3-4H2,1-2H3. The van der Waals surface area contributed by atoms with Crippen molar-refractivity contribution in [3.05, 3.63) is 42.0 Å². The van der Waals surface area contributed by atoms with Crippen LogP contribution in [0.4, 0.5) is 4.39 Å². The van der Waals surface area contributed by atoms with Crippen LogP contribution in [0.1, 0.15) is 31.3 Å². The summed E-state index contributed by atoms with van der Waals surface area (Å²) in [6.45, 7) is 5.45. The Morgan fingerprint density at radius 3 is 2.89 bits per heavy atom. The van der Waals surface area contributed by atoms with Crippen molar-refractivity contribution in [2.75, 3.05) is 6.54 Å². The van der Waals surface area contributed by atoms with Gasteiger partial charge in [0.25, 0.3) is 0 Å². The van der Waals surface area contributed by atoms with E-state index in [0.717, 1.165) is 24.5 Å². The molecule has 2 rings (SSSR count). The molecule has 0 saturated carbocycles. The highest BCUT2D eigenvalue weighted by Crippen LogP contribution is 2.19. The van der Waals surface area contributed by atoms with Gasteiger partial charge in [-0.1, -0.05) is 6.92 Å². The molecule has 5 nitrogen and oxygen atoms in total. The van der Waals surface area contributed by atoms with E-state index < -0.39 is 0 Å². The first-order valence-corrected chi connectivity index (χ1v) is 5.97. The van der Waals surface area contributed by atoms with Crippen molar-refractivity contribution in [3.63, 3.8) is 0 Å². The summed E-state index contributed by atoms with van der Waals surface area (Å²) >= 11 is 0. The van der Waals surface area contributed by atoms with Crippen LogP contribution in [0.25, 0.3) is 0 Å². The lowest BCUT2D eigenvalue weighted by Gasteiger charge is -2.17. The molecule has 0 aliphatic rings. The molecule has 2 heterocycles. The zero-order valence-corrected chi connectivity index (χ0v) is 10.5. The van der Waals surface area contributed by atoms with Crippen LogP contribution in [-0.2, 0) is 6.54 Å². The summed E-state index contributed by atoms with van der Waals surface area (Å²) in [6, 6.07) is 1.27. The molecule has 0 spiro atoms. The predicted octanol–water partition coefficient (Wildman–Crippen LogP) is 1.53. The molecule has 96 valence electrons. The fraction of sp³-hybridized carbons (Fsp3) is 0.417. The van der Waals surface area contributed by atoms with Gasteiger partial charge in [-0.3, -0.25) is 4.98 Å². The lowest BCUT2D eigenvalue weighted by atomic mass is 10.1. The molecule has 0 aliphatic heterocycles. The first-order valence-electron chi connectivity index (χ1n) is 5.97. The van der Waals surface area contributed by atoms with E-state index in [0.29, 0.717) is 0 Å². The smallest absolute Gasteiger partial charge is 0.148 e. The van der Waals surface area contributed by atoms with Gasteiger partial charge < -0.3 is 5.32 Å². The number of halogens is 1. The summed E-state index contributed by atoms with van der Waals surface area (Å²) in [5, 5.41) is 7.41. The van der Waals surface area contributed by atoms with Gasteiger partial charge in [0.1, 0.15) is 18.0 Å². The zero-order valence-electron chi connectivity index (χ0n) is 10.5. The van der Waals surface area contributed by atoms with Gasteiger partial charge in [-0.25, -0.2) is 14.1 Å². The van der Waals surface area contributed by atoms with Crippen molar-refractivity contribution in [3.8, 4) is 0 Å². The van der Waals surface area contributed by atoms with Crippen LogP contribution >= 0.6 is 0 Å². The minimum Gasteiger partial charge on any atom is -0.304 e. The van der Waals surface area contributed by atoms with E-state index in [1.807, 2.05) is 13.8 Å². The SMILES string of the molecule is CCNC(c1cncc(F)c1)c1ncnn1CC. The van der Waals surface area contributed by atoms with E-state index in [9.17, 15) is 4.39 Å². The Bertz CT molecular complexity index is 511. The molecule has 0 fully saturated rings. The van der Waals surface area contributed by atoms with Crippen LogP contribution < -0.4 is 5.32 Å². The zero-order chi connectivity index (χ0) is 13.0. The van der Waals surface area contributed by atoms with Crippen LogP contribution in [0.5, 0.6) is 0 Å². The average molecular weight is 249 g/mol. The molecule has 0 radical (unpaired) electrons. The van der Waals surface area contributed by atoms with Gasteiger partial charge in [-0.2, -0.15) is 5.10 Å². The average Bonchev–Trinajstić information content (AvgIpc) is 2.84. The van der Waals surface area contributed by atoms with Crippen molar-refractivity contribution in [2.24, 2.45) is 0 Å². The Morgan fingerprint density at radius 2 is 2.22 bits per heavy atom. The van der Waals surface area contributed by atoms with Crippen LogP contribution in [0, 0.1) is 5.82 Å². The molecule has 0 aliphatic carbocycles. The number of hydrogen-bond acceptors (Lipinski definition) is 4. The van der Waals surface area contributed by atoms with Crippen LogP contribution in [0.15, 0.2) is 24.8 Å². The summed E-state index contributed by atoms with van der Waals surface area (Å²) in [5.41, 5.74) is 0.750. The molecule has 1 unspecified atom stereocenters. The predicted molar refractivity (Wildman–Crippen MR) is 65.4 cm³/mol. The number of nitrogens with one attached hydrogen (secondary N) is 1. The first kappa shape index (κ1) is 12.6. The third kappa shape index (κ3) is 2.53. The van der Waals surface area contributed by atoms with E-state index in [4.69, 9.17) is 0 Å². The minimum atomic E-state index is -0.349. The van der Waals surface area contributed by atoms with Gasteiger partial charge in [-0.05, 0) is 25.1 Å². The summed E-state index contributed by atoms with van der Waals surface area (Å²) < 4.78 is 15.0. The van der Waals surface area contributed by atoms with E-state index in [1.165, 1.54) is 18.6 Å². The second-order valence-corrected chi connectivity index (χ2v) is 3.86. The summed E-state index contributed by atoms with van der Waals surface area (Å²) in [5.74, 6) is 0.421. The second-order valence-electron chi connectivity index (χ2n) is 3.86. The van der Waals surface area contributed by atoms with Crippen molar-refractivity contribution in [1.29, 1.82) is 0 Å². The maximum atomic E-state index is 13.3. The van der Waals surface area contributed by atoms with E-state index in [-0.39, 0.29) is 11.9 Å². The third-order valence-corrected chi connectivity index (χ3v) is 2.67. The fourth-order valence-electron chi connectivity index (χ4n) is 1.89. The van der Waals surface area contributed by atoms with Crippen molar-refractivity contribution in [2.45, 2.75) is 26.4 Å². The second kappa shape index (κ2) is 5.68.